The lowest BCUT2D eigenvalue weighted by Gasteiger charge is -2.41. The van der Waals surface area contributed by atoms with Crippen LogP contribution in [0.2, 0.25) is 0 Å². The molecule has 1 amide bonds. The first kappa shape index (κ1) is 25.9. The van der Waals surface area contributed by atoms with Gasteiger partial charge < -0.3 is 18.9 Å². The van der Waals surface area contributed by atoms with Gasteiger partial charge in [-0.2, -0.15) is 0 Å². The van der Waals surface area contributed by atoms with Crippen molar-refractivity contribution in [1.82, 2.24) is 19.7 Å². The lowest BCUT2D eigenvalue weighted by molar-refractivity contribution is -0.135. The van der Waals surface area contributed by atoms with Gasteiger partial charge >= 0.3 is 0 Å². The molecule has 0 spiro atoms. The Kier molecular flexibility index (Phi) is 9.35. The van der Waals surface area contributed by atoms with Gasteiger partial charge in [-0.25, -0.2) is 0 Å². The number of ether oxygens (including phenoxy) is 2. The van der Waals surface area contributed by atoms with E-state index in [2.05, 4.69) is 15.1 Å². The third-order valence-corrected chi connectivity index (χ3v) is 8.23. The highest BCUT2D eigenvalue weighted by Gasteiger charge is 2.32. The van der Waals surface area contributed by atoms with Crippen LogP contribution in [-0.4, -0.2) is 50.0 Å². The van der Waals surface area contributed by atoms with Gasteiger partial charge in [0.25, 0.3) is 0 Å². The maximum atomic E-state index is 13.5. The smallest absolute Gasteiger partial charge is 0.233 e. The van der Waals surface area contributed by atoms with Crippen LogP contribution in [0.1, 0.15) is 82.5 Å². The van der Waals surface area contributed by atoms with Gasteiger partial charge in [0.15, 0.2) is 22.5 Å². The normalized spacial score (nSPS) is 17.3. The highest BCUT2D eigenvalue weighted by molar-refractivity contribution is 7.99. The molecule has 1 aromatic heterocycles. The van der Waals surface area contributed by atoms with E-state index in [-0.39, 0.29) is 12.5 Å². The van der Waals surface area contributed by atoms with Crippen molar-refractivity contribution in [2.75, 3.05) is 12.4 Å². The molecule has 0 radical (unpaired) electrons. The number of amides is 1. The molecule has 0 saturated heterocycles. The Labute approximate surface area is 214 Å². The van der Waals surface area contributed by atoms with E-state index >= 15 is 0 Å². The van der Waals surface area contributed by atoms with Crippen molar-refractivity contribution in [3.05, 3.63) is 29.6 Å². The Morgan fingerprint density at radius 3 is 2.29 bits per heavy atom. The van der Waals surface area contributed by atoms with E-state index < -0.39 is 0 Å². The molecule has 2 fully saturated rings. The Morgan fingerprint density at radius 2 is 1.66 bits per heavy atom. The maximum Gasteiger partial charge on any atom is 0.233 e. The summed E-state index contributed by atoms with van der Waals surface area (Å²) in [6.07, 6.45) is 12.2. The lowest BCUT2D eigenvalue weighted by Crippen LogP contribution is -2.49. The summed E-state index contributed by atoms with van der Waals surface area (Å²) < 4.78 is 13.7. The third-order valence-electron chi connectivity index (χ3n) is 7.23. The zero-order valence-corrected chi connectivity index (χ0v) is 22.3. The molecule has 4 rings (SSSR count). The number of benzene rings is 1. The van der Waals surface area contributed by atoms with Crippen LogP contribution < -0.4 is 9.47 Å². The Hall–Kier alpha value is -2.22. The fraction of sp³-hybridized carbons (Fsp3) is 0.667. The van der Waals surface area contributed by atoms with Crippen LogP contribution >= 0.6 is 11.8 Å². The van der Waals surface area contributed by atoms with Gasteiger partial charge in [-0.1, -0.05) is 56.4 Å². The van der Waals surface area contributed by atoms with Gasteiger partial charge in [0.1, 0.15) is 6.61 Å². The highest BCUT2D eigenvalue weighted by atomic mass is 32.2. The number of aromatic nitrogens is 3. The van der Waals surface area contributed by atoms with E-state index in [1.165, 1.54) is 50.3 Å². The zero-order chi connectivity index (χ0) is 24.6. The number of thioether (sulfide) groups is 1. The number of hydrogen-bond donors (Lipinski definition) is 0. The predicted molar refractivity (Wildman–Crippen MR) is 139 cm³/mol. The molecule has 8 heteroatoms. The number of nitrogens with zero attached hydrogens (tertiary/aromatic N) is 4. The minimum atomic E-state index is 0.260. The van der Waals surface area contributed by atoms with E-state index in [1.54, 1.807) is 0 Å². The van der Waals surface area contributed by atoms with Crippen molar-refractivity contribution in [1.29, 1.82) is 0 Å². The standard InChI is InChI=1S/C27H40N4O3S/c1-4-33-24-17-20(2)15-16-23(24)34-18-25-28-29-27(30(25)3)35-19-26(32)31(21-11-7-5-8-12-21)22-13-9-6-10-14-22/h15-17,21-22H,4-14,18-19H2,1-3H3. The molecule has 0 bridgehead atoms. The summed E-state index contributed by atoms with van der Waals surface area (Å²) in [6, 6.07) is 6.74. The zero-order valence-electron chi connectivity index (χ0n) is 21.5. The summed E-state index contributed by atoms with van der Waals surface area (Å²) in [5, 5.41) is 9.43. The van der Waals surface area contributed by atoms with Crippen molar-refractivity contribution < 1.29 is 14.3 Å². The van der Waals surface area contributed by atoms with Crippen LogP contribution in [0.4, 0.5) is 0 Å². The largest absolute Gasteiger partial charge is 0.490 e. The molecular weight excluding hydrogens is 460 g/mol. The van der Waals surface area contributed by atoms with Gasteiger partial charge in [-0.3, -0.25) is 4.79 Å². The Balaban J connectivity index is 1.37. The molecule has 0 unspecified atom stereocenters. The van der Waals surface area contributed by atoms with Crippen LogP contribution in [0, 0.1) is 6.92 Å². The number of carbonyl (C=O) groups is 1. The minimum absolute atomic E-state index is 0.260. The molecule has 2 aromatic rings. The predicted octanol–water partition coefficient (Wildman–Crippen LogP) is 5.69. The molecule has 1 heterocycles. The molecule has 0 atom stereocenters. The summed E-state index contributed by atoms with van der Waals surface area (Å²) in [5.74, 6) is 2.82. The quantitative estimate of drug-likeness (QED) is 0.391. The number of aryl methyl sites for hydroxylation is 1. The monoisotopic (exact) mass is 500 g/mol. The van der Waals surface area contributed by atoms with E-state index in [1.807, 2.05) is 43.7 Å². The fourth-order valence-electron chi connectivity index (χ4n) is 5.37. The van der Waals surface area contributed by atoms with Crippen molar-refractivity contribution in [3.63, 3.8) is 0 Å². The fourth-order valence-corrected chi connectivity index (χ4v) is 6.17. The van der Waals surface area contributed by atoms with Crippen LogP contribution in [0.15, 0.2) is 23.4 Å². The van der Waals surface area contributed by atoms with Crippen molar-refractivity contribution in [3.8, 4) is 11.5 Å². The van der Waals surface area contributed by atoms with Crippen LogP contribution in [-0.2, 0) is 18.4 Å². The third kappa shape index (κ3) is 6.72. The first-order valence-electron chi connectivity index (χ1n) is 13.2. The second kappa shape index (κ2) is 12.7. The van der Waals surface area contributed by atoms with Crippen molar-refractivity contribution in [2.24, 2.45) is 7.05 Å². The second-order valence-electron chi connectivity index (χ2n) is 9.80. The number of rotatable bonds is 10. The summed E-state index contributed by atoms with van der Waals surface area (Å²) in [5.41, 5.74) is 1.12. The molecule has 2 aliphatic rings. The SMILES string of the molecule is CCOc1cc(C)ccc1OCc1nnc(SCC(=O)N(C2CCCCC2)C2CCCCC2)n1C. The van der Waals surface area contributed by atoms with Crippen LogP contribution in [0.25, 0.3) is 0 Å². The summed E-state index contributed by atoms with van der Waals surface area (Å²) in [6.45, 7) is 4.86. The summed E-state index contributed by atoms with van der Waals surface area (Å²) >= 11 is 1.49. The number of carbonyl (C=O) groups excluding carboxylic acids is 1. The topological polar surface area (TPSA) is 69.5 Å². The molecule has 192 valence electrons. The highest BCUT2D eigenvalue weighted by Crippen LogP contribution is 2.32. The molecule has 0 aliphatic heterocycles. The lowest BCUT2D eigenvalue weighted by atomic mass is 9.88. The number of hydrogen-bond acceptors (Lipinski definition) is 6. The Bertz CT molecular complexity index is 949. The van der Waals surface area contributed by atoms with Gasteiger partial charge in [0.2, 0.25) is 5.91 Å². The Morgan fingerprint density at radius 1 is 1.00 bits per heavy atom. The van der Waals surface area contributed by atoms with Gasteiger partial charge in [-0.05, 0) is 57.2 Å². The molecule has 35 heavy (non-hydrogen) atoms. The molecule has 7 nitrogen and oxygen atoms in total. The average molecular weight is 501 g/mol. The molecule has 2 saturated carbocycles. The maximum absolute atomic E-state index is 13.5. The first-order chi connectivity index (χ1) is 17.1. The van der Waals surface area contributed by atoms with Gasteiger partial charge in [0.05, 0.1) is 12.4 Å². The van der Waals surface area contributed by atoms with Crippen LogP contribution in [0.5, 0.6) is 11.5 Å². The second-order valence-corrected chi connectivity index (χ2v) is 10.7. The van der Waals surface area contributed by atoms with E-state index in [4.69, 9.17) is 9.47 Å². The first-order valence-corrected chi connectivity index (χ1v) is 14.2. The minimum Gasteiger partial charge on any atom is -0.490 e. The van der Waals surface area contributed by atoms with E-state index in [0.717, 1.165) is 48.0 Å². The molecule has 1 aromatic carbocycles. The summed E-state index contributed by atoms with van der Waals surface area (Å²) in [7, 11) is 1.93. The molecule has 0 N–H and O–H groups in total. The van der Waals surface area contributed by atoms with Gasteiger partial charge in [-0.15, -0.1) is 10.2 Å². The van der Waals surface area contributed by atoms with E-state index in [9.17, 15) is 4.79 Å². The van der Waals surface area contributed by atoms with Crippen LogP contribution in [0.3, 0.4) is 0 Å². The van der Waals surface area contributed by atoms with Crippen molar-refractivity contribution >= 4 is 17.7 Å². The van der Waals surface area contributed by atoms with Gasteiger partial charge in [0, 0.05) is 19.1 Å². The average Bonchev–Trinajstić information content (AvgIpc) is 3.23. The summed E-state index contributed by atoms with van der Waals surface area (Å²) in [4.78, 5) is 15.8. The molecular formula is C27H40N4O3S. The van der Waals surface area contributed by atoms with E-state index in [0.29, 0.717) is 30.2 Å². The van der Waals surface area contributed by atoms with Crippen molar-refractivity contribution in [2.45, 2.75) is 102 Å². The molecule has 2 aliphatic carbocycles.